The predicted octanol–water partition coefficient (Wildman–Crippen LogP) is 2.28. The zero-order valence-corrected chi connectivity index (χ0v) is 10.6. The van der Waals surface area contributed by atoms with Crippen LogP contribution in [0.1, 0.15) is 56.7 Å². The van der Waals surface area contributed by atoms with Crippen molar-refractivity contribution in [3.05, 3.63) is 17.5 Å². The van der Waals surface area contributed by atoms with E-state index in [9.17, 15) is 4.79 Å². The Morgan fingerprint density at radius 3 is 2.75 bits per heavy atom. The minimum atomic E-state index is -0.223. The van der Waals surface area contributed by atoms with Crippen LogP contribution < -0.4 is 5.32 Å². The number of aryl methyl sites for hydroxylation is 1. The fourth-order valence-electron chi connectivity index (χ4n) is 1.38. The number of carbonyl (C=O) groups excluding carboxylic acids is 1. The van der Waals surface area contributed by atoms with Crippen molar-refractivity contribution < 1.29 is 4.79 Å². The number of rotatable bonds is 4. The molecule has 1 heterocycles. The molecule has 1 aromatic heterocycles. The van der Waals surface area contributed by atoms with Gasteiger partial charge in [0.05, 0.1) is 0 Å². The quantitative estimate of drug-likeness (QED) is 0.822. The lowest BCUT2D eigenvalue weighted by atomic mass is 10.1. The number of aromatic amines is 1. The number of amides is 1. The molecule has 1 rings (SSSR count). The lowest BCUT2D eigenvalue weighted by Gasteiger charge is -2.19. The number of nitrogens with zero attached hydrogens (tertiary/aromatic N) is 1. The molecule has 0 saturated heterocycles. The molecule has 4 heteroatoms. The molecule has 0 unspecified atom stereocenters. The highest BCUT2D eigenvalue weighted by atomic mass is 16.2. The van der Waals surface area contributed by atoms with Gasteiger partial charge in [-0.2, -0.15) is 5.10 Å². The van der Waals surface area contributed by atoms with Gasteiger partial charge in [0, 0.05) is 11.2 Å². The molecule has 0 aromatic carbocycles. The summed E-state index contributed by atoms with van der Waals surface area (Å²) >= 11 is 0. The summed E-state index contributed by atoms with van der Waals surface area (Å²) in [5.74, 6) is -0.119. The fraction of sp³-hybridized carbons (Fsp3) is 0.667. The van der Waals surface area contributed by atoms with Crippen molar-refractivity contribution in [2.75, 3.05) is 0 Å². The molecule has 0 aliphatic carbocycles. The van der Waals surface area contributed by atoms with Gasteiger partial charge in [0.15, 0.2) is 0 Å². The van der Waals surface area contributed by atoms with Gasteiger partial charge in [0.2, 0.25) is 0 Å². The summed E-state index contributed by atoms with van der Waals surface area (Å²) in [6.07, 6.45) is 3.21. The Balaban J connectivity index is 2.60. The standard InChI is InChI=1S/C12H21N3O/c1-5-6-7-9-8-10(15-14-9)11(16)13-12(2,3)4/h8H,5-7H2,1-4H3,(H,13,16)(H,14,15). The van der Waals surface area contributed by atoms with E-state index < -0.39 is 0 Å². The third-order valence-electron chi connectivity index (χ3n) is 2.15. The van der Waals surface area contributed by atoms with Crippen molar-refractivity contribution >= 4 is 5.91 Å². The van der Waals surface area contributed by atoms with Gasteiger partial charge in [-0.3, -0.25) is 9.89 Å². The highest BCUT2D eigenvalue weighted by Crippen LogP contribution is 2.06. The molecule has 0 atom stereocenters. The van der Waals surface area contributed by atoms with Crippen LogP contribution in [0.4, 0.5) is 0 Å². The SMILES string of the molecule is CCCCc1cc(C(=O)NC(C)(C)C)n[nH]1. The van der Waals surface area contributed by atoms with E-state index in [2.05, 4.69) is 22.4 Å². The molecule has 0 bridgehead atoms. The average molecular weight is 223 g/mol. The maximum absolute atomic E-state index is 11.8. The summed E-state index contributed by atoms with van der Waals surface area (Å²) in [7, 11) is 0. The van der Waals surface area contributed by atoms with Crippen molar-refractivity contribution in [1.29, 1.82) is 0 Å². The van der Waals surface area contributed by atoms with Crippen molar-refractivity contribution in [3.8, 4) is 0 Å². The van der Waals surface area contributed by atoms with E-state index in [0.29, 0.717) is 5.69 Å². The van der Waals surface area contributed by atoms with Crippen molar-refractivity contribution in [2.24, 2.45) is 0 Å². The molecule has 0 aliphatic rings. The Hall–Kier alpha value is -1.32. The highest BCUT2D eigenvalue weighted by Gasteiger charge is 2.17. The summed E-state index contributed by atoms with van der Waals surface area (Å²) in [6, 6.07) is 1.83. The van der Waals surface area contributed by atoms with Gasteiger partial charge < -0.3 is 5.32 Å². The molecule has 0 radical (unpaired) electrons. The van der Waals surface area contributed by atoms with Crippen LogP contribution in [0.3, 0.4) is 0 Å². The van der Waals surface area contributed by atoms with Crippen LogP contribution in [0.15, 0.2) is 6.07 Å². The van der Waals surface area contributed by atoms with Crippen LogP contribution >= 0.6 is 0 Å². The largest absolute Gasteiger partial charge is 0.346 e. The maximum Gasteiger partial charge on any atom is 0.272 e. The van der Waals surface area contributed by atoms with E-state index in [-0.39, 0.29) is 11.4 Å². The van der Waals surface area contributed by atoms with Crippen LogP contribution in [-0.4, -0.2) is 21.6 Å². The van der Waals surface area contributed by atoms with E-state index in [4.69, 9.17) is 0 Å². The molecule has 0 aliphatic heterocycles. The summed E-state index contributed by atoms with van der Waals surface area (Å²) in [5.41, 5.74) is 1.28. The van der Waals surface area contributed by atoms with Crippen LogP contribution in [-0.2, 0) is 6.42 Å². The van der Waals surface area contributed by atoms with E-state index >= 15 is 0 Å². The zero-order chi connectivity index (χ0) is 12.2. The Labute approximate surface area is 96.8 Å². The lowest BCUT2D eigenvalue weighted by Crippen LogP contribution is -2.40. The third kappa shape index (κ3) is 4.04. The first-order chi connectivity index (χ1) is 7.42. The molecule has 1 aromatic rings. The maximum atomic E-state index is 11.8. The minimum absolute atomic E-state index is 0.119. The number of hydrogen-bond acceptors (Lipinski definition) is 2. The van der Waals surface area contributed by atoms with Gasteiger partial charge in [0.1, 0.15) is 5.69 Å². The van der Waals surface area contributed by atoms with Crippen LogP contribution in [0.25, 0.3) is 0 Å². The summed E-state index contributed by atoms with van der Waals surface area (Å²) in [4.78, 5) is 11.8. The van der Waals surface area contributed by atoms with E-state index in [1.807, 2.05) is 26.8 Å². The Morgan fingerprint density at radius 1 is 1.50 bits per heavy atom. The molecule has 16 heavy (non-hydrogen) atoms. The molecule has 90 valence electrons. The van der Waals surface area contributed by atoms with Gasteiger partial charge in [0.25, 0.3) is 5.91 Å². The third-order valence-corrected chi connectivity index (χ3v) is 2.15. The summed E-state index contributed by atoms with van der Waals surface area (Å²) in [6.45, 7) is 8.00. The van der Waals surface area contributed by atoms with Crippen LogP contribution in [0, 0.1) is 0 Å². The average Bonchev–Trinajstić information content (AvgIpc) is 2.60. The molecule has 0 saturated carbocycles. The Morgan fingerprint density at radius 2 is 2.19 bits per heavy atom. The van der Waals surface area contributed by atoms with Gasteiger partial charge in [-0.1, -0.05) is 13.3 Å². The Bertz CT molecular complexity index is 349. The number of H-pyrrole nitrogens is 1. The number of nitrogens with one attached hydrogen (secondary N) is 2. The van der Waals surface area contributed by atoms with Crippen molar-refractivity contribution in [1.82, 2.24) is 15.5 Å². The molecular weight excluding hydrogens is 202 g/mol. The van der Waals surface area contributed by atoms with E-state index in [1.54, 1.807) is 0 Å². The normalized spacial score (nSPS) is 11.5. The first-order valence-corrected chi connectivity index (χ1v) is 5.79. The smallest absolute Gasteiger partial charge is 0.272 e. The fourth-order valence-corrected chi connectivity index (χ4v) is 1.38. The van der Waals surface area contributed by atoms with Crippen molar-refractivity contribution in [3.63, 3.8) is 0 Å². The van der Waals surface area contributed by atoms with Gasteiger partial charge in [-0.05, 0) is 39.7 Å². The predicted molar refractivity (Wildman–Crippen MR) is 64.4 cm³/mol. The zero-order valence-electron chi connectivity index (χ0n) is 10.6. The lowest BCUT2D eigenvalue weighted by molar-refractivity contribution is 0.0914. The molecule has 0 fully saturated rings. The number of unbranched alkanes of at least 4 members (excludes halogenated alkanes) is 1. The number of carbonyl (C=O) groups is 1. The van der Waals surface area contributed by atoms with Gasteiger partial charge >= 0.3 is 0 Å². The summed E-state index contributed by atoms with van der Waals surface area (Å²) < 4.78 is 0. The molecule has 1 amide bonds. The second-order valence-corrected chi connectivity index (χ2v) is 5.09. The molecular formula is C12H21N3O. The molecule has 2 N–H and O–H groups in total. The minimum Gasteiger partial charge on any atom is -0.346 e. The monoisotopic (exact) mass is 223 g/mol. The number of hydrogen-bond donors (Lipinski definition) is 2. The molecule has 0 spiro atoms. The van der Waals surface area contributed by atoms with Crippen LogP contribution in [0.5, 0.6) is 0 Å². The van der Waals surface area contributed by atoms with Gasteiger partial charge in [-0.15, -0.1) is 0 Å². The van der Waals surface area contributed by atoms with Gasteiger partial charge in [-0.25, -0.2) is 0 Å². The second-order valence-electron chi connectivity index (χ2n) is 5.09. The van der Waals surface area contributed by atoms with E-state index in [1.165, 1.54) is 0 Å². The van der Waals surface area contributed by atoms with E-state index in [0.717, 1.165) is 25.0 Å². The second kappa shape index (κ2) is 5.14. The first-order valence-electron chi connectivity index (χ1n) is 5.79. The number of aromatic nitrogens is 2. The highest BCUT2D eigenvalue weighted by molar-refractivity contribution is 5.92. The first kappa shape index (κ1) is 12.7. The van der Waals surface area contributed by atoms with Crippen LogP contribution in [0.2, 0.25) is 0 Å². The molecule has 4 nitrogen and oxygen atoms in total. The summed E-state index contributed by atoms with van der Waals surface area (Å²) in [5, 5.41) is 9.80. The topological polar surface area (TPSA) is 57.8 Å². The Kier molecular flexibility index (Phi) is 4.10. The van der Waals surface area contributed by atoms with Crippen molar-refractivity contribution in [2.45, 2.75) is 52.5 Å².